The predicted octanol–water partition coefficient (Wildman–Crippen LogP) is 1.45. The first-order valence-corrected chi connectivity index (χ1v) is 5.99. The minimum atomic E-state index is -1.07. The Morgan fingerprint density at radius 3 is 2.58 bits per heavy atom. The molecule has 0 saturated carbocycles. The van der Waals surface area contributed by atoms with Crippen molar-refractivity contribution in [2.24, 2.45) is 0 Å². The summed E-state index contributed by atoms with van der Waals surface area (Å²) in [7, 11) is 3.27. The fourth-order valence-electron chi connectivity index (χ4n) is 1.47. The molecule has 1 rings (SSSR count). The fraction of sp³-hybridized carbons (Fsp3) is 0.462. The van der Waals surface area contributed by atoms with Gasteiger partial charge in [-0.1, -0.05) is 6.92 Å². The van der Waals surface area contributed by atoms with Gasteiger partial charge < -0.3 is 15.3 Å². The first-order chi connectivity index (χ1) is 8.80. The smallest absolute Gasteiger partial charge is 0.329 e. The van der Waals surface area contributed by atoms with Gasteiger partial charge in [0.25, 0.3) is 5.91 Å². The Hall–Kier alpha value is -2.11. The molecule has 1 aromatic rings. The maximum absolute atomic E-state index is 11.8. The molecule has 1 heterocycles. The van der Waals surface area contributed by atoms with Crippen LogP contribution in [0.15, 0.2) is 18.3 Å². The number of nitrogens with one attached hydrogen (secondary N) is 1. The molecule has 0 spiro atoms. The largest absolute Gasteiger partial charge is 0.480 e. The molecule has 0 aromatic carbocycles. The zero-order valence-electron chi connectivity index (χ0n) is 11.6. The zero-order valence-corrected chi connectivity index (χ0v) is 11.6. The van der Waals surface area contributed by atoms with Gasteiger partial charge in [-0.25, -0.2) is 4.79 Å². The van der Waals surface area contributed by atoms with Crippen molar-refractivity contribution >= 4 is 17.6 Å². The number of carbonyl (C=O) groups excluding carboxylic acids is 1. The van der Waals surface area contributed by atoms with E-state index in [9.17, 15) is 14.7 Å². The number of hydrogen-bond donors (Lipinski definition) is 2. The van der Waals surface area contributed by atoms with Gasteiger partial charge in [-0.05, 0) is 25.5 Å². The molecule has 0 aliphatic carbocycles. The summed E-state index contributed by atoms with van der Waals surface area (Å²) in [4.78, 5) is 28.4. The van der Waals surface area contributed by atoms with E-state index < -0.39 is 11.5 Å². The SMILES string of the molecule is CCC(C)(Nc1ccnc(C(=O)N(C)C)c1)C(=O)O. The molecule has 0 aliphatic rings. The van der Waals surface area contributed by atoms with Crippen LogP contribution in [0.4, 0.5) is 5.69 Å². The Morgan fingerprint density at radius 2 is 2.11 bits per heavy atom. The summed E-state index contributed by atoms with van der Waals surface area (Å²) in [5.74, 6) is -1.16. The molecule has 6 heteroatoms. The van der Waals surface area contributed by atoms with Crippen molar-refractivity contribution in [2.45, 2.75) is 25.8 Å². The summed E-state index contributed by atoms with van der Waals surface area (Å²) in [5, 5.41) is 12.1. The number of carboxylic acid groups (broad SMARTS) is 1. The third kappa shape index (κ3) is 3.43. The lowest BCUT2D eigenvalue weighted by atomic mass is 9.99. The number of amides is 1. The highest BCUT2D eigenvalue weighted by Gasteiger charge is 2.30. The van der Waals surface area contributed by atoms with E-state index in [1.165, 1.54) is 11.1 Å². The van der Waals surface area contributed by atoms with Crippen LogP contribution in [-0.4, -0.2) is 46.5 Å². The maximum Gasteiger partial charge on any atom is 0.329 e. The van der Waals surface area contributed by atoms with Crippen LogP contribution in [0, 0.1) is 0 Å². The average molecular weight is 265 g/mol. The summed E-state index contributed by atoms with van der Waals surface area (Å²) >= 11 is 0. The van der Waals surface area contributed by atoms with Crippen LogP contribution in [-0.2, 0) is 4.79 Å². The Labute approximate surface area is 112 Å². The summed E-state index contributed by atoms with van der Waals surface area (Å²) in [6.07, 6.45) is 1.90. The van der Waals surface area contributed by atoms with Gasteiger partial charge in [-0.2, -0.15) is 0 Å². The van der Waals surface area contributed by atoms with Crippen molar-refractivity contribution in [1.82, 2.24) is 9.88 Å². The van der Waals surface area contributed by atoms with Gasteiger partial charge in [0.05, 0.1) is 0 Å². The molecule has 0 radical (unpaired) electrons. The van der Waals surface area contributed by atoms with Gasteiger partial charge in [0.2, 0.25) is 0 Å². The summed E-state index contributed by atoms with van der Waals surface area (Å²) in [5.41, 5.74) is -0.231. The third-order valence-corrected chi connectivity index (χ3v) is 2.98. The van der Waals surface area contributed by atoms with E-state index in [0.29, 0.717) is 12.1 Å². The Balaban J connectivity index is 3.01. The minimum Gasteiger partial charge on any atom is -0.480 e. The number of carboxylic acids is 1. The number of aliphatic carboxylic acids is 1. The first kappa shape index (κ1) is 14.9. The Kier molecular flexibility index (Phi) is 4.47. The number of anilines is 1. The lowest BCUT2D eigenvalue weighted by Crippen LogP contribution is -2.42. The quantitative estimate of drug-likeness (QED) is 0.842. The van der Waals surface area contributed by atoms with E-state index in [0.717, 1.165) is 0 Å². The number of aromatic nitrogens is 1. The van der Waals surface area contributed by atoms with Crippen molar-refractivity contribution < 1.29 is 14.7 Å². The second-order valence-electron chi connectivity index (χ2n) is 4.75. The van der Waals surface area contributed by atoms with E-state index in [-0.39, 0.29) is 11.6 Å². The van der Waals surface area contributed by atoms with Gasteiger partial charge in [-0.15, -0.1) is 0 Å². The van der Waals surface area contributed by atoms with Crippen LogP contribution in [0.3, 0.4) is 0 Å². The van der Waals surface area contributed by atoms with Crippen molar-refractivity contribution in [2.75, 3.05) is 19.4 Å². The van der Waals surface area contributed by atoms with Crippen molar-refractivity contribution in [3.05, 3.63) is 24.0 Å². The van der Waals surface area contributed by atoms with Gasteiger partial charge in [0.15, 0.2) is 0 Å². The number of rotatable bonds is 5. The summed E-state index contributed by atoms with van der Waals surface area (Å²) in [6, 6.07) is 3.20. The zero-order chi connectivity index (χ0) is 14.6. The fourth-order valence-corrected chi connectivity index (χ4v) is 1.47. The molecule has 1 aromatic heterocycles. The molecule has 1 amide bonds. The summed E-state index contributed by atoms with van der Waals surface area (Å²) < 4.78 is 0. The molecule has 0 aliphatic heterocycles. The lowest BCUT2D eigenvalue weighted by Gasteiger charge is -2.26. The van der Waals surface area contributed by atoms with Crippen LogP contribution >= 0.6 is 0 Å². The second kappa shape index (κ2) is 5.69. The topological polar surface area (TPSA) is 82.5 Å². The highest BCUT2D eigenvalue weighted by molar-refractivity contribution is 5.93. The standard InChI is InChI=1S/C13H19N3O3/c1-5-13(2,12(18)19)15-9-6-7-14-10(8-9)11(17)16(3)4/h6-8H,5H2,1-4H3,(H,14,15)(H,18,19). The number of carbonyl (C=O) groups is 2. The molecule has 0 fully saturated rings. The third-order valence-electron chi connectivity index (χ3n) is 2.98. The molecule has 1 unspecified atom stereocenters. The molecule has 2 N–H and O–H groups in total. The molecular formula is C13H19N3O3. The second-order valence-corrected chi connectivity index (χ2v) is 4.75. The van der Waals surface area contributed by atoms with Crippen LogP contribution in [0.1, 0.15) is 30.8 Å². The van der Waals surface area contributed by atoms with Crippen molar-refractivity contribution in [3.8, 4) is 0 Å². The van der Waals surface area contributed by atoms with Gasteiger partial charge in [0.1, 0.15) is 11.2 Å². The van der Waals surface area contributed by atoms with Gasteiger partial charge in [0, 0.05) is 26.0 Å². The molecule has 104 valence electrons. The van der Waals surface area contributed by atoms with Gasteiger partial charge >= 0.3 is 5.97 Å². The minimum absolute atomic E-state index is 0.225. The molecule has 6 nitrogen and oxygen atoms in total. The Morgan fingerprint density at radius 1 is 1.47 bits per heavy atom. The maximum atomic E-state index is 11.8. The monoisotopic (exact) mass is 265 g/mol. The highest BCUT2D eigenvalue weighted by atomic mass is 16.4. The molecule has 0 bridgehead atoms. The highest BCUT2D eigenvalue weighted by Crippen LogP contribution is 2.19. The first-order valence-electron chi connectivity index (χ1n) is 5.99. The Bertz CT molecular complexity index is 488. The van der Waals surface area contributed by atoms with Gasteiger partial charge in [-0.3, -0.25) is 9.78 Å². The number of pyridine rings is 1. The van der Waals surface area contributed by atoms with E-state index in [2.05, 4.69) is 10.3 Å². The van der Waals surface area contributed by atoms with E-state index in [4.69, 9.17) is 0 Å². The van der Waals surface area contributed by atoms with Crippen LogP contribution < -0.4 is 5.32 Å². The van der Waals surface area contributed by atoms with Crippen LogP contribution in [0.25, 0.3) is 0 Å². The average Bonchev–Trinajstić information content (AvgIpc) is 2.37. The van der Waals surface area contributed by atoms with Crippen molar-refractivity contribution in [3.63, 3.8) is 0 Å². The molecule has 0 saturated heterocycles. The van der Waals surface area contributed by atoms with E-state index in [1.807, 2.05) is 0 Å². The molecule has 19 heavy (non-hydrogen) atoms. The number of nitrogens with zero attached hydrogens (tertiary/aromatic N) is 2. The van der Waals surface area contributed by atoms with E-state index in [1.54, 1.807) is 40.1 Å². The lowest BCUT2D eigenvalue weighted by molar-refractivity contribution is -0.141. The predicted molar refractivity (Wildman–Crippen MR) is 72.2 cm³/mol. The van der Waals surface area contributed by atoms with Crippen LogP contribution in [0.5, 0.6) is 0 Å². The van der Waals surface area contributed by atoms with Crippen molar-refractivity contribution in [1.29, 1.82) is 0 Å². The molecular weight excluding hydrogens is 246 g/mol. The summed E-state index contributed by atoms with van der Waals surface area (Å²) in [6.45, 7) is 3.39. The van der Waals surface area contributed by atoms with Crippen LogP contribution in [0.2, 0.25) is 0 Å². The molecule has 1 atom stereocenters. The van der Waals surface area contributed by atoms with E-state index >= 15 is 0 Å². The normalized spacial score (nSPS) is 13.5. The number of hydrogen-bond acceptors (Lipinski definition) is 4.